The Hall–Kier alpha value is -0.740. The number of halogens is 1. The Labute approximate surface area is 93.6 Å². The van der Waals surface area contributed by atoms with Crippen LogP contribution in [0.3, 0.4) is 0 Å². The summed E-state index contributed by atoms with van der Waals surface area (Å²) in [7, 11) is 0. The minimum absolute atomic E-state index is 0.150. The largest absolute Gasteiger partial charge is 0.363 e. The van der Waals surface area contributed by atoms with E-state index in [1.54, 1.807) is 6.07 Å². The molecule has 1 saturated heterocycles. The summed E-state index contributed by atoms with van der Waals surface area (Å²) in [5, 5.41) is 0. The van der Waals surface area contributed by atoms with Crippen LogP contribution in [0.2, 0.25) is 0 Å². The zero-order valence-corrected chi connectivity index (χ0v) is 9.34. The monoisotopic (exact) mass is 226 g/mol. The van der Waals surface area contributed by atoms with Crippen LogP contribution in [-0.2, 0) is 0 Å². The first kappa shape index (κ1) is 10.8. The van der Waals surface area contributed by atoms with E-state index in [0.29, 0.717) is 12.2 Å². The molecule has 2 N–H and O–H groups in total. The standard InChI is InChI=1S/C11H15FN2S/c12-10-3-1-2-4-11(10)14-5-6-15-8-9(14)7-13/h1-4,9H,5-8,13H2. The van der Waals surface area contributed by atoms with Crippen LogP contribution in [0.15, 0.2) is 24.3 Å². The molecule has 1 aromatic rings. The molecule has 1 unspecified atom stereocenters. The second-order valence-electron chi connectivity index (χ2n) is 3.61. The number of nitrogens with zero attached hydrogens (tertiary/aromatic N) is 1. The van der Waals surface area contributed by atoms with E-state index in [4.69, 9.17) is 5.73 Å². The first-order chi connectivity index (χ1) is 7.33. The second-order valence-corrected chi connectivity index (χ2v) is 4.76. The van der Waals surface area contributed by atoms with E-state index in [-0.39, 0.29) is 11.9 Å². The first-order valence-electron chi connectivity index (χ1n) is 5.12. The molecule has 2 nitrogen and oxygen atoms in total. The summed E-state index contributed by atoms with van der Waals surface area (Å²) in [5.74, 6) is 1.89. The van der Waals surface area contributed by atoms with Crippen molar-refractivity contribution in [3.63, 3.8) is 0 Å². The Morgan fingerprint density at radius 3 is 3.00 bits per heavy atom. The highest BCUT2D eigenvalue weighted by molar-refractivity contribution is 7.99. The smallest absolute Gasteiger partial charge is 0.146 e. The van der Waals surface area contributed by atoms with Crippen molar-refractivity contribution < 1.29 is 4.39 Å². The van der Waals surface area contributed by atoms with E-state index in [2.05, 4.69) is 4.90 Å². The molecule has 0 radical (unpaired) electrons. The highest BCUT2D eigenvalue weighted by Gasteiger charge is 2.23. The molecule has 0 spiro atoms. The minimum Gasteiger partial charge on any atom is -0.363 e. The maximum absolute atomic E-state index is 13.6. The number of nitrogens with two attached hydrogens (primary N) is 1. The van der Waals surface area contributed by atoms with Crippen LogP contribution in [0.5, 0.6) is 0 Å². The van der Waals surface area contributed by atoms with Gasteiger partial charge in [0, 0.05) is 24.6 Å². The Kier molecular flexibility index (Phi) is 3.49. The normalized spacial score (nSPS) is 21.7. The minimum atomic E-state index is -0.150. The molecule has 82 valence electrons. The van der Waals surface area contributed by atoms with E-state index in [9.17, 15) is 4.39 Å². The van der Waals surface area contributed by atoms with Crippen LogP contribution in [0, 0.1) is 5.82 Å². The Morgan fingerprint density at radius 2 is 2.27 bits per heavy atom. The maximum atomic E-state index is 13.6. The predicted molar refractivity (Wildman–Crippen MR) is 63.9 cm³/mol. The molecule has 0 saturated carbocycles. The second kappa shape index (κ2) is 4.86. The van der Waals surface area contributed by atoms with Gasteiger partial charge in [-0.2, -0.15) is 11.8 Å². The number of benzene rings is 1. The van der Waals surface area contributed by atoms with E-state index >= 15 is 0 Å². The van der Waals surface area contributed by atoms with Crippen LogP contribution in [0.1, 0.15) is 0 Å². The van der Waals surface area contributed by atoms with Gasteiger partial charge in [-0.15, -0.1) is 0 Å². The third kappa shape index (κ3) is 2.26. The van der Waals surface area contributed by atoms with E-state index < -0.39 is 0 Å². The third-order valence-corrected chi connectivity index (χ3v) is 3.75. The molecule has 1 fully saturated rings. The van der Waals surface area contributed by atoms with Gasteiger partial charge in [0.15, 0.2) is 0 Å². The van der Waals surface area contributed by atoms with Gasteiger partial charge < -0.3 is 10.6 Å². The number of thioether (sulfide) groups is 1. The molecule has 0 aromatic heterocycles. The molecule has 1 aromatic carbocycles. The van der Waals surface area contributed by atoms with Gasteiger partial charge in [0.1, 0.15) is 5.82 Å². The molecule has 0 aliphatic carbocycles. The van der Waals surface area contributed by atoms with E-state index in [1.807, 2.05) is 23.9 Å². The average molecular weight is 226 g/mol. The van der Waals surface area contributed by atoms with Gasteiger partial charge in [-0.25, -0.2) is 4.39 Å². The fourth-order valence-electron chi connectivity index (χ4n) is 1.85. The van der Waals surface area contributed by atoms with Crippen molar-refractivity contribution in [3.8, 4) is 0 Å². The van der Waals surface area contributed by atoms with Gasteiger partial charge in [-0.3, -0.25) is 0 Å². The highest BCUT2D eigenvalue weighted by Crippen LogP contribution is 2.25. The Balaban J connectivity index is 2.24. The zero-order valence-electron chi connectivity index (χ0n) is 8.53. The van der Waals surface area contributed by atoms with Gasteiger partial charge in [0.05, 0.1) is 11.7 Å². The van der Waals surface area contributed by atoms with Crippen molar-refractivity contribution in [2.24, 2.45) is 5.73 Å². The molecular formula is C11H15FN2S. The number of hydrogen-bond acceptors (Lipinski definition) is 3. The fourth-order valence-corrected chi connectivity index (χ4v) is 2.93. The van der Waals surface area contributed by atoms with Crippen LogP contribution in [0.4, 0.5) is 10.1 Å². The summed E-state index contributed by atoms with van der Waals surface area (Å²) < 4.78 is 13.6. The van der Waals surface area contributed by atoms with Crippen LogP contribution < -0.4 is 10.6 Å². The van der Waals surface area contributed by atoms with E-state index in [0.717, 1.165) is 18.1 Å². The lowest BCUT2D eigenvalue weighted by Gasteiger charge is -2.36. The third-order valence-electron chi connectivity index (χ3n) is 2.66. The predicted octanol–water partition coefficient (Wildman–Crippen LogP) is 1.71. The summed E-state index contributed by atoms with van der Waals surface area (Å²) in [6, 6.07) is 7.18. The van der Waals surface area contributed by atoms with Gasteiger partial charge >= 0.3 is 0 Å². The lowest BCUT2D eigenvalue weighted by atomic mass is 10.2. The highest BCUT2D eigenvalue weighted by atomic mass is 32.2. The number of anilines is 1. The molecular weight excluding hydrogens is 211 g/mol. The van der Waals surface area contributed by atoms with Crippen LogP contribution >= 0.6 is 11.8 Å². The summed E-state index contributed by atoms with van der Waals surface area (Å²) >= 11 is 1.89. The Morgan fingerprint density at radius 1 is 1.47 bits per heavy atom. The summed E-state index contributed by atoms with van der Waals surface area (Å²) in [4.78, 5) is 2.09. The van der Waals surface area contributed by atoms with Crippen molar-refractivity contribution in [2.75, 3.05) is 29.5 Å². The zero-order chi connectivity index (χ0) is 10.7. The summed E-state index contributed by atoms with van der Waals surface area (Å²) in [6.07, 6.45) is 0. The number of para-hydroxylation sites is 1. The lowest BCUT2D eigenvalue weighted by Crippen LogP contribution is -2.47. The Bertz CT molecular complexity index is 332. The molecule has 15 heavy (non-hydrogen) atoms. The molecule has 1 heterocycles. The van der Waals surface area contributed by atoms with Crippen LogP contribution in [0.25, 0.3) is 0 Å². The van der Waals surface area contributed by atoms with Crippen molar-refractivity contribution in [2.45, 2.75) is 6.04 Å². The number of rotatable bonds is 2. The van der Waals surface area contributed by atoms with Crippen molar-refractivity contribution in [1.82, 2.24) is 0 Å². The average Bonchev–Trinajstić information content (AvgIpc) is 2.30. The number of hydrogen-bond donors (Lipinski definition) is 1. The van der Waals surface area contributed by atoms with Gasteiger partial charge in [-0.05, 0) is 12.1 Å². The molecule has 2 rings (SSSR count). The van der Waals surface area contributed by atoms with Crippen LogP contribution in [-0.4, -0.2) is 30.6 Å². The first-order valence-corrected chi connectivity index (χ1v) is 6.27. The van der Waals surface area contributed by atoms with Gasteiger partial charge in [0.25, 0.3) is 0 Å². The van der Waals surface area contributed by atoms with Gasteiger partial charge in [-0.1, -0.05) is 12.1 Å². The maximum Gasteiger partial charge on any atom is 0.146 e. The van der Waals surface area contributed by atoms with Crippen molar-refractivity contribution >= 4 is 17.4 Å². The fraction of sp³-hybridized carbons (Fsp3) is 0.455. The summed E-state index contributed by atoms with van der Waals surface area (Å²) in [5.41, 5.74) is 6.39. The van der Waals surface area contributed by atoms with Crippen molar-refractivity contribution in [1.29, 1.82) is 0 Å². The quantitative estimate of drug-likeness (QED) is 0.832. The van der Waals surface area contributed by atoms with Gasteiger partial charge in [0.2, 0.25) is 0 Å². The van der Waals surface area contributed by atoms with E-state index in [1.165, 1.54) is 6.07 Å². The molecule has 1 aliphatic rings. The molecule has 0 bridgehead atoms. The lowest BCUT2D eigenvalue weighted by molar-refractivity contribution is 0.593. The van der Waals surface area contributed by atoms with Crippen molar-refractivity contribution in [3.05, 3.63) is 30.1 Å². The molecule has 1 atom stereocenters. The topological polar surface area (TPSA) is 29.3 Å². The SMILES string of the molecule is NCC1CSCCN1c1ccccc1F. The molecule has 4 heteroatoms. The molecule has 1 aliphatic heterocycles. The summed E-state index contributed by atoms with van der Waals surface area (Å²) in [6.45, 7) is 1.47. The molecule has 0 amide bonds.